The highest BCUT2D eigenvalue weighted by atomic mass is 35.5. The third kappa shape index (κ3) is 6.41. The van der Waals surface area contributed by atoms with Gasteiger partial charge >= 0.3 is 0 Å². The SMILES string of the molecule is CC(=O)N1CCC(C(=O)N(CCCN2CC3CN(C(=O)c4c(F)cccc4F)CC3C2)c2ccc(C)c(Cl)c2)CC1. The summed E-state index contributed by atoms with van der Waals surface area (Å²) >= 11 is 6.42. The zero-order valence-electron chi connectivity index (χ0n) is 23.6. The van der Waals surface area contributed by atoms with Crippen molar-refractivity contribution in [3.8, 4) is 0 Å². The zero-order chi connectivity index (χ0) is 29.3. The van der Waals surface area contributed by atoms with Gasteiger partial charge in [-0.3, -0.25) is 14.4 Å². The number of piperidine rings is 1. The van der Waals surface area contributed by atoms with Gasteiger partial charge < -0.3 is 19.6 Å². The fourth-order valence-electron chi connectivity index (χ4n) is 6.53. The van der Waals surface area contributed by atoms with Gasteiger partial charge in [0.05, 0.1) is 0 Å². The number of carbonyl (C=O) groups is 3. The minimum atomic E-state index is -0.827. The minimum absolute atomic E-state index is 0.0420. The number of rotatable bonds is 7. The van der Waals surface area contributed by atoms with Crippen LogP contribution in [0.5, 0.6) is 0 Å². The van der Waals surface area contributed by atoms with Crippen molar-refractivity contribution >= 4 is 35.0 Å². The molecule has 0 spiro atoms. The van der Waals surface area contributed by atoms with E-state index in [4.69, 9.17) is 11.6 Å². The van der Waals surface area contributed by atoms with Crippen molar-refractivity contribution in [2.75, 3.05) is 57.3 Å². The molecule has 7 nitrogen and oxygen atoms in total. The lowest BCUT2D eigenvalue weighted by molar-refractivity contribution is -0.133. The number of amides is 3. The second kappa shape index (κ2) is 12.4. The maximum Gasteiger partial charge on any atom is 0.259 e. The van der Waals surface area contributed by atoms with E-state index in [0.717, 1.165) is 49.4 Å². The van der Waals surface area contributed by atoms with Gasteiger partial charge in [-0.2, -0.15) is 0 Å². The summed E-state index contributed by atoms with van der Waals surface area (Å²) in [5.41, 5.74) is 1.26. The second-order valence-corrected chi connectivity index (χ2v) is 12.1. The number of likely N-dealkylation sites (tertiary alicyclic amines) is 3. The first-order valence-electron chi connectivity index (χ1n) is 14.4. The van der Waals surface area contributed by atoms with Gasteiger partial charge in [0, 0.05) is 69.4 Å². The average molecular weight is 587 g/mol. The maximum absolute atomic E-state index is 14.2. The van der Waals surface area contributed by atoms with Crippen molar-refractivity contribution in [2.45, 2.75) is 33.1 Å². The fourth-order valence-corrected chi connectivity index (χ4v) is 6.70. The van der Waals surface area contributed by atoms with Gasteiger partial charge in [0.15, 0.2) is 0 Å². The highest BCUT2D eigenvalue weighted by molar-refractivity contribution is 6.31. The molecule has 2 aromatic rings. The second-order valence-electron chi connectivity index (χ2n) is 11.6. The minimum Gasteiger partial charge on any atom is -0.343 e. The van der Waals surface area contributed by atoms with Crippen LogP contribution in [0.4, 0.5) is 14.5 Å². The Morgan fingerprint density at radius 2 is 1.59 bits per heavy atom. The first-order valence-corrected chi connectivity index (χ1v) is 14.8. The van der Waals surface area contributed by atoms with Crippen LogP contribution in [0.3, 0.4) is 0 Å². The summed E-state index contributed by atoms with van der Waals surface area (Å²) in [5.74, 6) is -1.75. The summed E-state index contributed by atoms with van der Waals surface area (Å²) in [6.45, 7) is 8.61. The molecule has 0 saturated carbocycles. The first kappa shape index (κ1) is 29.5. The van der Waals surface area contributed by atoms with Crippen LogP contribution in [0.2, 0.25) is 5.02 Å². The van der Waals surface area contributed by atoms with Crippen LogP contribution in [-0.2, 0) is 9.59 Å². The Labute approximate surface area is 245 Å². The molecule has 2 atom stereocenters. The molecular weight excluding hydrogens is 550 g/mol. The van der Waals surface area contributed by atoms with Crippen molar-refractivity contribution in [3.63, 3.8) is 0 Å². The Morgan fingerprint density at radius 1 is 0.951 bits per heavy atom. The van der Waals surface area contributed by atoms with Crippen LogP contribution in [0.25, 0.3) is 0 Å². The van der Waals surface area contributed by atoms with Crippen LogP contribution in [0.1, 0.15) is 42.1 Å². The van der Waals surface area contributed by atoms with E-state index in [1.807, 2.05) is 30.0 Å². The topological polar surface area (TPSA) is 64.2 Å². The number of halogens is 3. The van der Waals surface area contributed by atoms with Gasteiger partial charge in [-0.15, -0.1) is 0 Å². The molecule has 0 aliphatic carbocycles. The molecule has 2 unspecified atom stereocenters. The summed E-state index contributed by atoms with van der Waals surface area (Å²) in [7, 11) is 0. The van der Waals surface area contributed by atoms with Crippen molar-refractivity contribution in [3.05, 3.63) is 64.2 Å². The normalized spacial score (nSPS) is 21.3. The number of benzene rings is 2. The number of carbonyl (C=O) groups excluding carboxylic acids is 3. The van der Waals surface area contributed by atoms with Crippen molar-refractivity contribution in [1.29, 1.82) is 0 Å². The summed E-state index contributed by atoms with van der Waals surface area (Å²) < 4.78 is 28.3. The summed E-state index contributed by atoms with van der Waals surface area (Å²) in [6, 6.07) is 9.21. The molecule has 220 valence electrons. The highest BCUT2D eigenvalue weighted by Gasteiger charge is 2.42. The number of anilines is 1. The Bertz CT molecular complexity index is 1280. The molecule has 3 saturated heterocycles. The van der Waals surface area contributed by atoms with Gasteiger partial charge in [0.2, 0.25) is 11.8 Å². The van der Waals surface area contributed by atoms with Crippen molar-refractivity contribution in [1.82, 2.24) is 14.7 Å². The standard InChI is InChI=1S/C31H37ClF2N4O3/c1-20-7-8-25(15-26(20)32)38(30(40)22-9-13-36(14-10-22)21(2)39)12-4-11-35-16-23-18-37(19-24(23)17-35)31(41)29-27(33)5-3-6-28(29)34/h3,5-8,15,22-24H,4,9-14,16-19H2,1-2H3. The van der Waals surface area contributed by atoms with Crippen LogP contribution < -0.4 is 4.90 Å². The molecule has 2 aromatic carbocycles. The van der Waals surface area contributed by atoms with Gasteiger partial charge in [0.25, 0.3) is 5.91 Å². The largest absolute Gasteiger partial charge is 0.343 e. The fraction of sp³-hybridized carbons (Fsp3) is 0.516. The molecule has 10 heteroatoms. The molecule has 3 heterocycles. The molecule has 41 heavy (non-hydrogen) atoms. The van der Waals surface area contributed by atoms with Gasteiger partial charge in [-0.25, -0.2) is 8.78 Å². The van der Waals surface area contributed by atoms with Crippen LogP contribution in [0, 0.1) is 36.3 Å². The van der Waals surface area contributed by atoms with Crippen molar-refractivity contribution in [2.24, 2.45) is 17.8 Å². The van der Waals surface area contributed by atoms with Gasteiger partial charge in [-0.05, 0) is 74.4 Å². The van der Waals surface area contributed by atoms with Crippen LogP contribution in [0.15, 0.2) is 36.4 Å². The van der Waals surface area contributed by atoms with E-state index < -0.39 is 23.1 Å². The summed E-state index contributed by atoms with van der Waals surface area (Å²) in [6.07, 6.45) is 2.07. The summed E-state index contributed by atoms with van der Waals surface area (Å²) in [4.78, 5) is 45.9. The van der Waals surface area contributed by atoms with E-state index in [9.17, 15) is 23.2 Å². The predicted octanol–water partition coefficient (Wildman–Crippen LogP) is 4.61. The van der Waals surface area contributed by atoms with E-state index in [-0.39, 0.29) is 29.6 Å². The Kier molecular flexibility index (Phi) is 8.94. The van der Waals surface area contributed by atoms with E-state index in [1.165, 1.54) is 6.07 Å². The smallest absolute Gasteiger partial charge is 0.259 e. The molecule has 3 aliphatic heterocycles. The third-order valence-corrected chi connectivity index (χ3v) is 9.31. The Morgan fingerprint density at radius 3 is 2.17 bits per heavy atom. The monoisotopic (exact) mass is 586 g/mol. The molecule has 0 radical (unpaired) electrons. The molecule has 0 N–H and O–H groups in total. The third-order valence-electron chi connectivity index (χ3n) is 8.90. The number of fused-ring (bicyclic) bond motifs is 1. The Balaban J connectivity index is 1.17. The number of nitrogens with zero attached hydrogens (tertiary/aromatic N) is 4. The lowest BCUT2D eigenvalue weighted by Gasteiger charge is -2.34. The van der Waals surface area contributed by atoms with Gasteiger partial charge in [-0.1, -0.05) is 23.7 Å². The maximum atomic E-state index is 14.2. The molecule has 3 aliphatic rings. The number of hydrogen-bond acceptors (Lipinski definition) is 4. The number of hydrogen-bond donors (Lipinski definition) is 0. The quantitative estimate of drug-likeness (QED) is 0.475. The Hall–Kier alpha value is -3.04. The van der Waals surface area contributed by atoms with Crippen molar-refractivity contribution < 1.29 is 23.2 Å². The molecule has 3 fully saturated rings. The predicted molar refractivity (Wildman–Crippen MR) is 154 cm³/mol. The first-order chi connectivity index (χ1) is 19.6. The highest BCUT2D eigenvalue weighted by Crippen LogP contribution is 2.33. The molecule has 5 rings (SSSR count). The average Bonchev–Trinajstić information content (AvgIpc) is 3.51. The number of aryl methyl sites for hydroxylation is 1. The van der Waals surface area contributed by atoms with E-state index in [2.05, 4.69) is 4.90 Å². The van der Waals surface area contributed by atoms with E-state index >= 15 is 0 Å². The summed E-state index contributed by atoms with van der Waals surface area (Å²) in [5, 5.41) is 0.619. The lowest BCUT2D eigenvalue weighted by Crippen LogP contribution is -2.44. The van der Waals surface area contributed by atoms with Crippen LogP contribution in [-0.4, -0.2) is 84.8 Å². The zero-order valence-corrected chi connectivity index (χ0v) is 24.4. The van der Waals surface area contributed by atoms with Gasteiger partial charge in [0.1, 0.15) is 17.2 Å². The van der Waals surface area contributed by atoms with Crippen LogP contribution >= 0.6 is 11.6 Å². The molecule has 0 bridgehead atoms. The molecule has 3 amide bonds. The van der Waals surface area contributed by atoms with E-state index in [0.29, 0.717) is 50.6 Å². The molecular formula is C31H37ClF2N4O3. The van der Waals surface area contributed by atoms with E-state index in [1.54, 1.807) is 16.7 Å². The molecule has 0 aromatic heterocycles. The lowest BCUT2D eigenvalue weighted by atomic mass is 9.94.